The Kier molecular flexibility index (Phi) is 16.7. The molecule has 0 atom stereocenters. The number of nitriles is 1. The largest absolute Gasteiger partial charge is 0.462 e. The van der Waals surface area contributed by atoms with Crippen LogP contribution in [0.4, 0.5) is 0 Å². The number of rotatable bonds is 18. The van der Waals surface area contributed by atoms with Crippen LogP contribution >= 0.6 is 0 Å². The molecule has 1 aromatic rings. The van der Waals surface area contributed by atoms with Gasteiger partial charge in [-0.1, -0.05) is 90.4 Å². The van der Waals surface area contributed by atoms with E-state index in [1.54, 1.807) is 6.92 Å². The predicted octanol–water partition coefficient (Wildman–Crippen LogP) is 6.84. The molecule has 0 aliphatic heterocycles. The van der Waals surface area contributed by atoms with E-state index in [9.17, 15) is 4.79 Å². The highest BCUT2D eigenvalue weighted by atomic mass is 16.5. The van der Waals surface area contributed by atoms with E-state index in [-0.39, 0.29) is 12.2 Å². The van der Waals surface area contributed by atoms with Gasteiger partial charge in [0.2, 0.25) is 0 Å². The first-order valence-electron chi connectivity index (χ1n) is 12.7. The third-order valence-corrected chi connectivity index (χ3v) is 5.60. The lowest BCUT2D eigenvalue weighted by Gasteiger charge is -2.06. The van der Waals surface area contributed by atoms with Crippen molar-refractivity contribution in [1.82, 2.24) is 4.57 Å². The smallest absolute Gasteiger partial charge is 0.350 e. The summed E-state index contributed by atoms with van der Waals surface area (Å²) in [5, 5.41) is 9.73. The average Bonchev–Trinajstić information content (AvgIpc) is 2.81. The molecule has 0 bridgehead atoms. The fourth-order valence-electron chi connectivity index (χ4n) is 3.65. The highest BCUT2D eigenvalue weighted by Crippen LogP contribution is 2.13. The summed E-state index contributed by atoms with van der Waals surface area (Å²) in [6.07, 6.45) is 24.4. The lowest BCUT2D eigenvalue weighted by atomic mass is 10.0. The summed E-state index contributed by atoms with van der Waals surface area (Å²) in [6, 6.07) is 5.60. The molecule has 1 aromatic heterocycles. The molecule has 1 heterocycles. The van der Waals surface area contributed by atoms with Crippen molar-refractivity contribution < 1.29 is 9.53 Å². The first kappa shape index (κ1) is 27.7. The van der Waals surface area contributed by atoms with Gasteiger partial charge in [-0.25, -0.2) is 4.79 Å². The SMILES string of the molecule is CCCCCCCCCCCCCCCCn1ccc(=N/C=C(\C#N)C(=O)OCC)cc1. The number of carbonyl (C=O) groups excluding carboxylic acids is 1. The second kappa shape index (κ2) is 19.3. The van der Waals surface area contributed by atoms with Crippen LogP contribution in [0.1, 0.15) is 104 Å². The van der Waals surface area contributed by atoms with Gasteiger partial charge in [-0.05, 0) is 25.5 Å². The molecule has 178 valence electrons. The number of ether oxygens (including phenoxy) is 1. The molecular weight excluding hydrogens is 398 g/mol. The second-order valence-electron chi connectivity index (χ2n) is 8.39. The van der Waals surface area contributed by atoms with Gasteiger partial charge in [0, 0.05) is 18.9 Å². The minimum Gasteiger partial charge on any atom is -0.462 e. The topological polar surface area (TPSA) is 67.4 Å². The van der Waals surface area contributed by atoms with Crippen molar-refractivity contribution in [1.29, 1.82) is 5.26 Å². The van der Waals surface area contributed by atoms with Gasteiger partial charge in [0.25, 0.3) is 0 Å². The van der Waals surface area contributed by atoms with Crippen LogP contribution in [0.3, 0.4) is 0 Å². The summed E-state index contributed by atoms with van der Waals surface area (Å²) in [7, 11) is 0. The Balaban J connectivity index is 2.12. The van der Waals surface area contributed by atoms with Crippen LogP contribution in [0.15, 0.2) is 41.3 Å². The molecule has 0 saturated carbocycles. The Morgan fingerprint density at radius 1 is 0.906 bits per heavy atom. The Morgan fingerprint density at radius 2 is 1.41 bits per heavy atom. The summed E-state index contributed by atoms with van der Waals surface area (Å²) < 4.78 is 6.98. The lowest BCUT2D eigenvalue weighted by Crippen LogP contribution is -2.08. The van der Waals surface area contributed by atoms with E-state index in [0.29, 0.717) is 5.36 Å². The van der Waals surface area contributed by atoms with E-state index >= 15 is 0 Å². The van der Waals surface area contributed by atoms with Crippen LogP contribution in [0.5, 0.6) is 0 Å². The summed E-state index contributed by atoms with van der Waals surface area (Å²) >= 11 is 0. The number of unbranched alkanes of at least 4 members (excludes halogenated alkanes) is 13. The number of pyridine rings is 1. The van der Waals surface area contributed by atoms with Gasteiger partial charge < -0.3 is 9.30 Å². The summed E-state index contributed by atoms with van der Waals surface area (Å²) in [6.45, 7) is 5.22. The van der Waals surface area contributed by atoms with E-state index < -0.39 is 5.97 Å². The molecule has 0 spiro atoms. The molecule has 0 radical (unpaired) electrons. The molecule has 0 unspecified atom stereocenters. The third kappa shape index (κ3) is 13.9. The molecule has 32 heavy (non-hydrogen) atoms. The fourth-order valence-corrected chi connectivity index (χ4v) is 3.65. The summed E-state index contributed by atoms with van der Waals surface area (Å²) in [4.78, 5) is 15.8. The minimum atomic E-state index is -0.637. The molecule has 5 nitrogen and oxygen atoms in total. The summed E-state index contributed by atoms with van der Waals surface area (Å²) in [5.74, 6) is -0.637. The maximum absolute atomic E-state index is 11.6. The van der Waals surface area contributed by atoms with Crippen LogP contribution in [-0.2, 0) is 16.1 Å². The number of hydrogen-bond donors (Lipinski definition) is 0. The predicted molar refractivity (Wildman–Crippen MR) is 131 cm³/mol. The first-order valence-corrected chi connectivity index (χ1v) is 12.7. The molecule has 0 aliphatic carbocycles. The van der Waals surface area contributed by atoms with Crippen molar-refractivity contribution >= 4 is 5.97 Å². The van der Waals surface area contributed by atoms with Crippen molar-refractivity contribution in [2.75, 3.05) is 6.61 Å². The second-order valence-corrected chi connectivity index (χ2v) is 8.39. The molecule has 0 fully saturated rings. The zero-order valence-corrected chi connectivity index (χ0v) is 20.4. The van der Waals surface area contributed by atoms with Crippen molar-refractivity contribution in [2.45, 2.75) is 110 Å². The number of carbonyl (C=O) groups is 1. The number of esters is 1. The molecular formula is C27H43N3O2. The highest BCUT2D eigenvalue weighted by Gasteiger charge is 2.08. The normalized spacial score (nSPS) is 11.2. The van der Waals surface area contributed by atoms with Gasteiger partial charge in [0.1, 0.15) is 6.07 Å². The highest BCUT2D eigenvalue weighted by molar-refractivity contribution is 5.92. The van der Waals surface area contributed by atoms with Crippen molar-refractivity contribution in [2.24, 2.45) is 4.99 Å². The fraction of sp³-hybridized carbons (Fsp3) is 0.667. The van der Waals surface area contributed by atoms with Gasteiger partial charge in [-0.2, -0.15) is 5.26 Å². The van der Waals surface area contributed by atoms with E-state index in [2.05, 4.69) is 16.5 Å². The van der Waals surface area contributed by atoms with E-state index in [4.69, 9.17) is 10.00 Å². The monoisotopic (exact) mass is 441 g/mol. The first-order chi connectivity index (χ1) is 15.7. The molecule has 1 rings (SSSR count). The average molecular weight is 442 g/mol. The molecule has 0 saturated heterocycles. The van der Waals surface area contributed by atoms with E-state index in [0.717, 1.165) is 6.54 Å². The number of aryl methyl sites for hydroxylation is 1. The Hall–Kier alpha value is -2.35. The van der Waals surface area contributed by atoms with Gasteiger partial charge >= 0.3 is 5.97 Å². The molecule has 0 aliphatic rings. The van der Waals surface area contributed by atoms with Crippen LogP contribution in [-0.4, -0.2) is 17.1 Å². The Labute approximate surface area is 195 Å². The van der Waals surface area contributed by atoms with Crippen molar-refractivity contribution in [3.05, 3.63) is 41.7 Å². The number of hydrogen-bond acceptors (Lipinski definition) is 4. The minimum absolute atomic E-state index is 0.0917. The number of aromatic nitrogens is 1. The standard InChI is InChI=1S/C27H43N3O2/c1-3-5-6-7-8-9-10-11-12-13-14-15-16-17-20-30-21-18-26(19-22-30)29-24-25(23-28)27(31)32-4-2/h18-19,21-22,24H,3-17,20H2,1-2H3/b25-24+. The third-order valence-electron chi connectivity index (χ3n) is 5.60. The van der Waals surface area contributed by atoms with Crippen LogP contribution in [0.25, 0.3) is 0 Å². The van der Waals surface area contributed by atoms with Gasteiger partial charge in [-0.3, -0.25) is 4.99 Å². The summed E-state index contributed by atoms with van der Waals surface area (Å²) in [5.41, 5.74) is -0.0917. The van der Waals surface area contributed by atoms with Gasteiger partial charge in [0.15, 0.2) is 5.57 Å². The van der Waals surface area contributed by atoms with Crippen molar-refractivity contribution in [3.8, 4) is 6.07 Å². The maximum Gasteiger partial charge on any atom is 0.350 e. The van der Waals surface area contributed by atoms with Crippen LogP contribution in [0, 0.1) is 11.3 Å². The Morgan fingerprint density at radius 3 is 1.88 bits per heavy atom. The molecule has 0 aromatic carbocycles. The van der Waals surface area contributed by atoms with E-state index in [1.165, 1.54) is 96.1 Å². The number of nitrogens with zero attached hydrogens (tertiary/aromatic N) is 3. The van der Waals surface area contributed by atoms with E-state index in [1.807, 2.05) is 30.6 Å². The van der Waals surface area contributed by atoms with Crippen LogP contribution < -0.4 is 5.36 Å². The zero-order chi connectivity index (χ0) is 23.3. The van der Waals surface area contributed by atoms with Crippen molar-refractivity contribution in [3.63, 3.8) is 0 Å². The maximum atomic E-state index is 11.6. The molecule has 0 amide bonds. The molecule has 0 N–H and O–H groups in total. The zero-order valence-electron chi connectivity index (χ0n) is 20.4. The lowest BCUT2D eigenvalue weighted by molar-refractivity contribution is -0.138. The Bertz CT molecular complexity index is 738. The quantitative estimate of drug-likeness (QED) is 0.108. The van der Waals surface area contributed by atoms with Crippen LogP contribution in [0.2, 0.25) is 0 Å². The van der Waals surface area contributed by atoms with Gasteiger partial charge in [-0.15, -0.1) is 0 Å². The van der Waals surface area contributed by atoms with Gasteiger partial charge in [0.05, 0.1) is 18.2 Å². The molecule has 5 heteroatoms.